The number of hydrogen-bond acceptors (Lipinski definition) is 4. The maximum atomic E-state index is 12.5. The lowest BCUT2D eigenvalue weighted by molar-refractivity contribution is -0.137. The van der Waals surface area contributed by atoms with Crippen molar-refractivity contribution in [2.24, 2.45) is 0 Å². The first kappa shape index (κ1) is 13.8. The van der Waals surface area contributed by atoms with Crippen LogP contribution in [0, 0.1) is 6.92 Å². The Hall–Kier alpha value is -1.60. The third-order valence-corrected chi connectivity index (χ3v) is 3.28. The molecule has 0 saturated heterocycles. The van der Waals surface area contributed by atoms with Crippen molar-refractivity contribution < 1.29 is 23.0 Å². The van der Waals surface area contributed by atoms with Crippen molar-refractivity contribution in [2.75, 3.05) is 0 Å². The van der Waals surface area contributed by atoms with Crippen LogP contribution >= 0.6 is 11.3 Å². The number of aryl methyl sites for hydroxylation is 1. The molecule has 2 aromatic rings. The smallest absolute Gasteiger partial charge is 0.416 e. The topological polar surface area (TPSA) is 42.4 Å². The molecule has 7 heteroatoms. The van der Waals surface area contributed by atoms with Gasteiger partial charge in [-0.15, -0.1) is 0 Å². The molecule has 0 amide bonds. The van der Waals surface area contributed by atoms with E-state index in [1.165, 1.54) is 23.5 Å². The van der Waals surface area contributed by atoms with E-state index in [0.29, 0.717) is 5.69 Å². The van der Waals surface area contributed by atoms with Gasteiger partial charge in [-0.2, -0.15) is 13.2 Å². The van der Waals surface area contributed by atoms with Gasteiger partial charge in [0.05, 0.1) is 17.9 Å². The van der Waals surface area contributed by atoms with Crippen LogP contribution in [-0.4, -0.2) is 10.1 Å². The van der Waals surface area contributed by atoms with Crippen LogP contribution in [0.1, 0.15) is 16.1 Å². The van der Waals surface area contributed by atoms with Crippen molar-refractivity contribution in [1.29, 1.82) is 0 Å². The Kier molecular flexibility index (Phi) is 3.77. The van der Waals surface area contributed by atoms with E-state index in [1.54, 1.807) is 6.92 Å². The molecule has 0 fully saturated rings. The van der Waals surface area contributed by atoms with Gasteiger partial charge in [-0.3, -0.25) is 0 Å². The van der Waals surface area contributed by atoms with Gasteiger partial charge < -0.3 is 9.84 Å². The second-order valence-electron chi connectivity index (χ2n) is 3.77. The Balaban J connectivity index is 2.23. The minimum Gasteiger partial charge on any atom is -0.431 e. The molecule has 19 heavy (non-hydrogen) atoms. The highest BCUT2D eigenvalue weighted by Crippen LogP contribution is 2.34. The molecule has 0 atom stereocenters. The van der Waals surface area contributed by atoms with Gasteiger partial charge in [-0.25, -0.2) is 4.98 Å². The van der Waals surface area contributed by atoms with E-state index < -0.39 is 11.7 Å². The summed E-state index contributed by atoms with van der Waals surface area (Å²) >= 11 is 1.17. The zero-order chi connectivity index (χ0) is 14.0. The Morgan fingerprint density at radius 1 is 1.37 bits per heavy atom. The number of rotatable bonds is 3. The standard InChI is InChI=1S/C12H10F3NO2S/c1-7-10(6-17)16-11(19-7)18-9-4-2-3-8(5-9)12(13,14)15/h2-5,17H,6H2,1H3. The number of hydrogen-bond donors (Lipinski definition) is 1. The van der Waals surface area contributed by atoms with E-state index in [9.17, 15) is 13.2 Å². The first-order valence-electron chi connectivity index (χ1n) is 5.32. The summed E-state index contributed by atoms with van der Waals surface area (Å²) in [6, 6.07) is 4.57. The summed E-state index contributed by atoms with van der Waals surface area (Å²) in [6.07, 6.45) is -4.41. The van der Waals surface area contributed by atoms with Crippen molar-refractivity contribution in [3.8, 4) is 10.9 Å². The highest BCUT2D eigenvalue weighted by Gasteiger charge is 2.30. The molecule has 1 heterocycles. The predicted octanol–water partition coefficient (Wildman–Crippen LogP) is 3.75. The number of ether oxygens (including phenoxy) is 1. The van der Waals surface area contributed by atoms with Gasteiger partial charge in [0.25, 0.3) is 5.19 Å². The summed E-state index contributed by atoms with van der Waals surface area (Å²) in [5.41, 5.74) is -0.312. The average molecular weight is 289 g/mol. The van der Waals surface area contributed by atoms with Gasteiger partial charge in [-0.05, 0) is 25.1 Å². The lowest BCUT2D eigenvalue weighted by Gasteiger charge is -2.08. The second kappa shape index (κ2) is 5.18. The fourth-order valence-corrected chi connectivity index (χ4v) is 2.21. The molecule has 0 aliphatic rings. The maximum Gasteiger partial charge on any atom is 0.416 e. The van der Waals surface area contributed by atoms with Gasteiger partial charge in [0, 0.05) is 4.88 Å². The maximum absolute atomic E-state index is 12.5. The average Bonchev–Trinajstić information content (AvgIpc) is 2.68. The van der Waals surface area contributed by atoms with Gasteiger partial charge >= 0.3 is 6.18 Å². The number of halogens is 3. The summed E-state index contributed by atoms with van der Waals surface area (Å²) in [4.78, 5) is 4.75. The molecule has 2 rings (SSSR count). The molecule has 1 aromatic heterocycles. The number of thiazole rings is 1. The third kappa shape index (κ3) is 3.24. The van der Waals surface area contributed by atoms with Crippen LogP contribution in [-0.2, 0) is 12.8 Å². The van der Waals surface area contributed by atoms with Gasteiger partial charge in [-0.1, -0.05) is 17.4 Å². The Morgan fingerprint density at radius 2 is 2.11 bits per heavy atom. The highest BCUT2D eigenvalue weighted by molar-refractivity contribution is 7.13. The molecule has 102 valence electrons. The number of benzene rings is 1. The summed E-state index contributed by atoms with van der Waals surface area (Å²) in [6.45, 7) is 1.52. The van der Waals surface area contributed by atoms with Crippen LogP contribution in [0.5, 0.6) is 10.9 Å². The first-order chi connectivity index (χ1) is 8.90. The molecule has 0 spiro atoms. The van der Waals surface area contributed by atoms with Gasteiger partial charge in [0.2, 0.25) is 0 Å². The minimum atomic E-state index is -4.41. The van der Waals surface area contributed by atoms with Crippen molar-refractivity contribution in [3.63, 3.8) is 0 Å². The third-order valence-electron chi connectivity index (χ3n) is 2.39. The van der Waals surface area contributed by atoms with Gasteiger partial charge in [0.1, 0.15) is 5.75 Å². The minimum absolute atomic E-state index is 0.0630. The molecule has 1 N–H and O–H groups in total. The number of aromatic nitrogens is 1. The molecule has 0 unspecified atom stereocenters. The van der Waals surface area contributed by atoms with Crippen molar-refractivity contribution >= 4 is 11.3 Å². The normalized spacial score (nSPS) is 11.6. The monoisotopic (exact) mass is 289 g/mol. The predicted molar refractivity (Wildman–Crippen MR) is 64.3 cm³/mol. The highest BCUT2D eigenvalue weighted by atomic mass is 32.1. The molecule has 0 bridgehead atoms. The molecule has 1 aromatic carbocycles. The van der Waals surface area contributed by atoms with Crippen molar-refractivity contribution in [3.05, 3.63) is 40.4 Å². The Morgan fingerprint density at radius 3 is 2.68 bits per heavy atom. The summed E-state index contributed by atoms with van der Waals surface area (Å²) < 4.78 is 42.9. The van der Waals surface area contributed by atoms with E-state index in [1.807, 2.05) is 0 Å². The molecule has 3 nitrogen and oxygen atoms in total. The van der Waals surface area contributed by atoms with Crippen LogP contribution in [0.3, 0.4) is 0 Å². The van der Waals surface area contributed by atoms with E-state index >= 15 is 0 Å². The largest absolute Gasteiger partial charge is 0.431 e. The zero-order valence-electron chi connectivity index (χ0n) is 9.86. The van der Waals surface area contributed by atoms with Crippen LogP contribution < -0.4 is 4.74 Å². The van der Waals surface area contributed by atoms with Crippen molar-refractivity contribution in [2.45, 2.75) is 19.7 Å². The van der Waals surface area contributed by atoms with E-state index in [4.69, 9.17) is 9.84 Å². The Bertz CT molecular complexity index is 581. The lowest BCUT2D eigenvalue weighted by atomic mass is 10.2. The van der Waals surface area contributed by atoms with E-state index in [-0.39, 0.29) is 17.6 Å². The second-order valence-corrected chi connectivity index (χ2v) is 4.93. The molecular weight excluding hydrogens is 279 g/mol. The fraction of sp³-hybridized carbons (Fsp3) is 0.250. The molecule has 0 radical (unpaired) electrons. The number of aliphatic hydroxyl groups excluding tert-OH is 1. The molecule has 0 aliphatic carbocycles. The fourth-order valence-electron chi connectivity index (χ4n) is 1.43. The number of aliphatic hydroxyl groups is 1. The van der Waals surface area contributed by atoms with Crippen LogP contribution in [0.4, 0.5) is 13.2 Å². The van der Waals surface area contributed by atoms with E-state index in [0.717, 1.165) is 17.0 Å². The summed E-state index contributed by atoms with van der Waals surface area (Å²) in [5, 5.41) is 9.20. The molecular formula is C12H10F3NO2S. The zero-order valence-corrected chi connectivity index (χ0v) is 10.7. The lowest BCUT2D eigenvalue weighted by Crippen LogP contribution is -2.04. The first-order valence-corrected chi connectivity index (χ1v) is 6.14. The number of alkyl halides is 3. The van der Waals surface area contributed by atoms with Crippen LogP contribution in [0.2, 0.25) is 0 Å². The summed E-state index contributed by atoms with van der Waals surface area (Å²) in [7, 11) is 0. The molecule has 0 aliphatic heterocycles. The quantitative estimate of drug-likeness (QED) is 0.935. The summed E-state index contributed by atoms with van der Waals surface area (Å²) in [5.74, 6) is 0.0630. The van der Waals surface area contributed by atoms with Gasteiger partial charge in [0.15, 0.2) is 0 Å². The SMILES string of the molecule is Cc1sc(Oc2cccc(C(F)(F)F)c2)nc1CO. The van der Waals surface area contributed by atoms with Crippen LogP contribution in [0.25, 0.3) is 0 Å². The number of nitrogens with zero attached hydrogens (tertiary/aromatic N) is 1. The Labute approximate surface area is 111 Å². The van der Waals surface area contributed by atoms with Crippen molar-refractivity contribution in [1.82, 2.24) is 4.98 Å². The molecule has 0 saturated carbocycles. The van der Waals surface area contributed by atoms with Crippen LogP contribution in [0.15, 0.2) is 24.3 Å². The van der Waals surface area contributed by atoms with E-state index in [2.05, 4.69) is 4.98 Å².